The van der Waals surface area contributed by atoms with Crippen molar-refractivity contribution in [1.29, 1.82) is 0 Å². The Labute approximate surface area is 165 Å². The number of rotatable bonds is 5. The van der Waals surface area contributed by atoms with Crippen LogP contribution in [0.5, 0.6) is 0 Å². The minimum atomic E-state index is -0.896. The van der Waals surface area contributed by atoms with Crippen LogP contribution < -0.4 is 10.6 Å². The van der Waals surface area contributed by atoms with Crippen LogP contribution in [0.15, 0.2) is 41.8 Å². The second-order valence-electron chi connectivity index (χ2n) is 6.11. The average molecular weight is 401 g/mol. The predicted octanol–water partition coefficient (Wildman–Crippen LogP) is 1.50. The van der Waals surface area contributed by atoms with Gasteiger partial charge in [0.1, 0.15) is 6.04 Å². The Kier molecular flexibility index (Phi) is 6.05. The number of nitrogens with zero attached hydrogens (tertiary/aromatic N) is 1. The molecule has 1 fully saturated rings. The average Bonchev–Trinajstić information content (AvgIpc) is 3.23. The molecule has 1 aromatic heterocycles. The molecule has 0 unspecified atom stereocenters. The van der Waals surface area contributed by atoms with Crippen molar-refractivity contribution in [2.75, 3.05) is 25.5 Å². The van der Waals surface area contributed by atoms with E-state index in [-0.39, 0.29) is 18.2 Å². The van der Waals surface area contributed by atoms with Crippen LogP contribution in [0, 0.1) is 0 Å². The Morgan fingerprint density at radius 3 is 2.82 bits per heavy atom. The summed E-state index contributed by atoms with van der Waals surface area (Å²) in [7, 11) is 1.27. The molecule has 0 radical (unpaired) electrons. The number of amides is 3. The number of carbonyl (C=O) groups excluding carboxylic acids is 4. The van der Waals surface area contributed by atoms with E-state index in [1.165, 1.54) is 29.4 Å². The monoisotopic (exact) mass is 401 g/mol. The molecular weight excluding hydrogens is 382 g/mol. The zero-order valence-corrected chi connectivity index (χ0v) is 16.0. The molecule has 9 heteroatoms. The topological polar surface area (TPSA) is 105 Å². The van der Waals surface area contributed by atoms with Gasteiger partial charge in [0.05, 0.1) is 24.0 Å². The molecule has 8 nitrogen and oxygen atoms in total. The van der Waals surface area contributed by atoms with Crippen molar-refractivity contribution in [3.63, 3.8) is 0 Å². The van der Waals surface area contributed by atoms with E-state index in [2.05, 4.69) is 15.4 Å². The van der Waals surface area contributed by atoms with E-state index in [0.717, 1.165) is 0 Å². The van der Waals surface area contributed by atoms with Crippen molar-refractivity contribution >= 4 is 40.7 Å². The molecule has 1 saturated heterocycles. The second-order valence-corrected chi connectivity index (χ2v) is 7.06. The normalized spacial score (nSPS) is 16.2. The van der Waals surface area contributed by atoms with Crippen LogP contribution in [-0.2, 0) is 14.3 Å². The van der Waals surface area contributed by atoms with Gasteiger partial charge in [-0.2, -0.15) is 0 Å². The molecule has 0 aliphatic carbocycles. The largest absolute Gasteiger partial charge is 0.465 e. The third kappa shape index (κ3) is 4.37. The lowest BCUT2D eigenvalue weighted by atomic mass is 10.1. The maximum absolute atomic E-state index is 12.7. The Balaban J connectivity index is 1.71. The predicted molar refractivity (Wildman–Crippen MR) is 103 cm³/mol. The molecule has 0 spiro atoms. The van der Waals surface area contributed by atoms with E-state index in [9.17, 15) is 19.2 Å². The Morgan fingerprint density at radius 1 is 1.29 bits per heavy atom. The molecule has 28 heavy (non-hydrogen) atoms. The van der Waals surface area contributed by atoms with Crippen molar-refractivity contribution in [2.24, 2.45) is 0 Å². The first-order chi connectivity index (χ1) is 13.5. The Morgan fingerprint density at radius 2 is 2.11 bits per heavy atom. The molecule has 2 N–H and O–H groups in total. The summed E-state index contributed by atoms with van der Waals surface area (Å²) in [6, 6.07) is 8.85. The number of ether oxygens (including phenoxy) is 1. The van der Waals surface area contributed by atoms with Crippen molar-refractivity contribution in [3.8, 4) is 0 Å². The van der Waals surface area contributed by atoms with E-state index >= 15 is 0 Å². The van der Waals surface area contributed by atoms with Crippen LogP contribution in [-0.4, -0.2) is 54.8 Å². The number of thiophene rings is 1. The summed E-state index contributed by atoms with van der Waals surface area (Å²) >= 11 is 1.29. The first-order valence-electron chi connectivity index (χ1n) is 8.60. The fourth-order valence-electron chi connectivity index (χ4n) is 2.93. The highest BCUT2D eigenvalue weighted by atomic mass is 32.1. The number of piperazine rings is 1. The molecule has 2 aromatic rings. The van der Waals surface area contributed by atoms with Gasteiger partial charge in [-0.25, -0.2) is 4.79 Å². The van der Waals surface area contributed by atoms with E-state index in [4.69, 9.17) is 0 Å². The van der Waals surface area contributed by atoms with Crippen molar-refractivity contribution in [2.45, 2.75) is 12.5 Å². The highest BCUT2D eigenvalue weighted by Crippen LogP contribution is 2.18. The Bertz CT molecular complexity index is 897. The number of hydrogen-bond acceptors (Lipinski definition) is 6. The Hall–Kier alpha value is -3.20. The zero-order chi connectivity index (χ0) is 20.1. The molecule has 3 amide bonds. The van der Waals surface area contributed by atoms with E-state index in [0.29, 0.717) is 29.2 Å². The molecule has 146 valence electrons. The summed E-state index contributed by atoms with van der Waals surface area (Å²) in [5, 5.41) is 7.14. The smallest absolute Gasteiger partial charge is 0.337 e. The van der Waals surface area contributed by atoms with Crippen molar-refractivity contribution in [1.82, 2.24) is 10.2 Å². The third-order valence-electron chi connectivity index (χ3n) is 4.27. The highest BCUT2D eigenvalue weighted by molar-refractivity contribution is 7.12. The summed E-state index contributed by atoms with van der Waals surface area (Å²) in [5.74, 6) is -1.59. The van der Waals surface area contributed by atoms with Gasteiger partial charge in [-0.1, -0.05) is 12.1 Å². The summed E-state index contributed by atoms with van der Waals surface area (Å²) in [5.41, 5.74) is 0.700. The van der Waals surface area contributed by atoms with Gasteiger partial charge in [0.25, 0.3) is 5.91 Å². The maximum Gasteiger partial charge on any atom is 0.337 e. The van der Waals surface area contributed by atoms with Gasteiger partial charge < -0.3 is 20.3 Å². The molecule has 2 heterocycles. The summed E-state index contributed by atoms with van der Waals surface area (Å²) < 4.78 is 4.66. The number of carbonyl (C=O) groups is 4. The lowest BCUT2D eigenvalue weighted by Crippen LogP contribution is -2.58. The number of hydrogen-bond donors (Lipinski definition) is 2. The lowest BCUT2D eigenvalue weighted by molar-refractivity contribution is -0.131. The van der Waals surface area contributed by atoms with Crippen molar-refractivity contribution < 1.29 is 23.9 Å². The number of nitrogens with one attached hydrogen (secondary N) is 2. The van der Waals surface area contributed by atoms with Gasteiger partial charge in [0, 0.05) is 18.8 Å². The van der Waals surface area contributed by atoms with Gasteiger partial charge >= 0.3 is 5.97 Å². The number of anilines is 1. The lowest BCUT2D eigenvalue weighted by Gasteiger charge is -2.34. The van der Waals surface area contributed by atoms with Crippen LogP contribution in [0.2, 0.25) is 0 Å². The first kappa shape index (κ1) is 19.6. The number of benzene rings is 1. The SMILES string of the molecule is COC(=O)c1cccc(NC(=O)C[C@H]2C(=O)NCCN2C(=O)c2cccs2)c1. The fraction of sp³-hybridized carbons (Fsp3) is 0.263. The molecule has 1 aliphatic rings. The van der Waals surface area contributed by atoms with Crippen LogP contribution in [0.25, 0.3) is 0 Å². The number of esters is 1. The molecule has 1 atom stereocenters. The minimum absolute atomic E-state index is 0.189. The van der Waals surface area contributed by atoms with Crippen LogP contribution in [0.3, 0.4) is 0 Å². The highest BCUT2D eigenvalue weighted by Gasteiger charge is 2.35. The summed E-state index contributed by atoms with van der Waals surface area (Å²) in [6.07, 6.45) is -0.189. The number of methoxy groups -OCH3 is 1. The molecule has 0 saturated carbocycles. The van der Waals surface area contributed by atoms with Gasteiger partial charge in [-0.15, -0.1) is 11.3 Å². The molecule has 3 rings (SSSR count). The van der Waals surface area contributed by atoms with Crippen LogP contribution in [0.4, 0.5) is 5.69 Å². The standard InChI is InChI=1S/C19H19N3O5S/c1-27-19(26)12-4-2-5-13(10-12)21-16(23)11-14-17(24)20-7-8-22(14)18(25)15-6-3-9-28-15/h2-6,9-10,14H,7-8,11H2,1H3,(H,20,24)(H,21,23)/t14-/m0/s1. The first-order valence-corrected chi connectivity index (χ1v) is 9.48. The van der Waals surface area contributed by atoms with Crippen LogP contribution >= 0.6 is 11.3 Å². The quantitative estimate of drug-likeness (QED) is 0.739. The van der Waals surface area contributed by atoms with Gasteiger partial charge in [-0.3, -0.25) is 14.4 Å². The molecular formula is C19H19N3O5S. The van der Waals surface area contributed by atoms with Crippen LogP contribution in [0.1, 0.15) is 26.5 Å². The summed E-state index contributed by atoms with van der Waals surface area (Å²) in [6.45, 7) is 0.674. The van der Waals surface area contributed by atoms with E-state index < -0.39 is 17.9 Å². The third-order valence-corrected chi connectivity index (χ3v) is 5.13. The van der Waals surface area contributed by atoms with Gasteiger partial charge in [0.15, 0.2) is 0 Å². The zero-order valence-electron chi connectivity index (χ0n) is 15.1. The second kappa shape index (κ2) is 8.66. The molecule has 0 bridgehead atoms. The van der Waals surface area contributed by atoms with Gasteiger partial charge in [-0.05, 0) is 29.6 Å². The summed E-state index contributed by atoms with van der Waals surface area (Å²) in [4.78, 5) is 51.0. The van der Waals surface area contributed by atoms with E-state index in [1.807, 2.05) is 0 Å². The fourth-order valence-corrected chi connectivity index (χ4v) is 3.61. The van der Waals surface area contributed by atoms with E-state index in [1.54, 1.807) is 35.7 Å². The molecule has 1 aromatic carbocycles. The minimum Gasteiger partial charge on any atom is -0.465 e. The van der Waals surface area contributed by atoms with Gasteiger partial charge in [0.2, 0.25) is 11.8 Å². The maximum atomic E-state index is 12.7. The van der Waals surface area contributed by atoms with Crippen molar-refractivity contribution in [3.05, 3.63) is 52.2 Å². The molecule has 1 aliphatic heterocycles.